The van der Waals surface area contributed by atoms with Gasteiger partial charge in [-0.3, -0.25) is 14.4 Å². The number of nitrogens with one attached hydrogen (secondary N) is 5. The van der Waals surface area contributed by atoms with Crippen molar-refractivity contribution in [3.05, 3.63) is 54.2 Å². The fourth-order valence-corrected chi connectivity index (χ4v) is 4.77. The highest BCUT2D eigenvalue weighted by Crippen LogP contribution is 2.19. The molecule has 14 heteroatoms. The summed E-state index contributed by atoms with van der Waals surface area (Å²) in [6.07, 6.45) is 7.96. The smallest absolute Gasteiger partial charge is 0.326 e. The molecule has 14 nitrogen and oxygen atoms in total. The van der Waals surface area contributed by atoms with Crippen LogP contribution in [-0.2, 0) is 32.0 Å². The van der Waals surface area contributed by atoms with E-state index in [1.165, 1.54) is 12.5 Å². The number of carboxylic acids is 1. The maximum atomic E-state index is 13.6. The maximum Gasteiger partial charge on any atom is 0.326 e. The van der Waals surface area contributed by atoms with Gasteiger partial charge >= 0.3 is 5.97 Å². The molecule has 3 rings (SSSR count). The number of benzene rings is 1. The minimum Gasteiger partial charge on any atom is -0.480 e. The summed E-state index contributed by atoms with van der Waals surface area (Å²) in [4.78, 5) is 61.9. The molecule has 0 radical (unpaired) electrons. The molecule has 3 aromatic rings. The number of amides is 3. The maximum absolute atomic E-state index is 13.6. The standard InChI is InChI=1S/C29H43N9O5/c30-11-5-3-8-21(32)26(39)36-23(10-4-6-12-31)27(40)37-24(13-18-15-34-22-9-2-1-7-20(18)22)28(41)38-25(29(42)43)14-19-16-33-17-35-19/h1-2,7,9,15-17,21,23-25,34H,3-6,8,10-14,30-32H2,(H,33,35)(H,36,39)(H,37,40)(H,38,41)(H,42,43). The largest absolute Gasteiger partial charge is 0.480 e. The number of fused-ring (bicyclic) bond motifs is 1. The first-order valence-corrected chi connectivity index (χ1v) is 14.5. The van der Waals surface area contributed by atoms with Crippen LogP contribution < -0.4 is 33.2 Å². The van der Waals surface area contributed by atoms with Crippen LogP contribution in [0.25, 0.3) is 10.9 Å². The van der Waals surface area contributed by atoms with E-state index in [4.69, 9.17) is 17.2 Å². The zero-order valence-corrected chi connectivity index (χ0v) is 24.2. The number of carbonyl (C=O) groups excluding carboxylic acids is 3. The Kier molecular flexibility index (Phi) is 13.1. The molecule has 0 saturated carbocycles. The molecule has 1 aromatic carbocycles. The number of nitrogens with zero attached hydrogens (tertiary/aromatic N) is 1. The first kappa shape index (κ1) is 33.2. The topological polar surface area (TPSA) is 247 Å². The molecule has 43 heavy (non-hydrogen) atoms. The number of H-pyrrole nitrogens is 2. The fourth-order valence-electron chi connectivity index (χ4n) is 4.77. The second kappa shape index (κ2) is 17.0. The molecule has 0 spiro atoms. The SMILES string of the molecule is NCCCCC(N)C(=O)NC(CCCCN)C(=O)NC(Cc1c[nH]c2ccccc12)C(=O)NC(Cc1cnc[nH]1)C(=O)O. The summed E-state index contributed by atoms with van der Waals surface area (Å²) in [7, 11) is 0. The van der Waals surface area contributed by atoms with Gasteiger partial charge in [0.25, 0.3) is 0 Å². The lowest BCUT2D eigenvalue weighted by molar-refractivity contribution is -0.142. The number of hydrogen-bond donors (Lipinski definition) is 9. The lowest BCUT2D eigenvalue weighted by atomic mass is 10.0. The number of imidazole rings is 1. The van der Waals surface area contributed by atoms with E-state index in [1.54, 1.807) is 6.20 Å². The van der Waals surface area contributed by atoms with E-state index < -0.39 is 47.9 Å². The summed E-state index contributed by atoms with van der Waals surface area (Å²) in [5, 5.41) is 18.7. The first-order valence-electron chi connectivity index (χ1n) is 14.5. The predicted octanol–water partition coefficient (Wildman–Crippen LogP) is -0.199. The van der Waals surface area contributed by atoms with Gasteiger partial charge in [0, 0.05) is 41.8 Å². The van der Waals surface area contributed by atoms with Crippen molar-refractivity contribution in [2.24, 2.45) is 17.2 Å². The summed E-state index contributed by atoms with van der Waals surface area (Å²) >= 11 is 0. The lowest BCUT2D eigenvalue weighted by Crippen LogP contribution is -2.57. The van der Waals surface area contributed by atoms with Crippen LogP contribution in [0.3, 0.4) is 0 Å². The average molecular weight is 598 g/mol. The number of carbonyl (C=O) groups is 4. The highest BCUT2D eigenvalue weighted by molar-refractivity contribution is 5.95. The number of carboxylic acid groups (broad SMARTS) is 1. The average Bonchev–Trinajstić information content (AvgIpc) is 3.66. The Bertz CT molecular complexity index is 1330. The van der Waals surface area contributed by atoms with Crippen molar-refractivity contribution in [1.29, 1.82) is 0 Å². The third kappa shape index (κ3) is 10.2. The van der Waals surface area contributed by atoms with Crippen molar-refractivity contribution in [2.75, 3.05) is 13.1 Å². The molecule has 234 valence electrons. The first-order chi connectivity index (χ1) is 20.7. The second-order valence-corrected chi connectivity index (χ2v) is 10.5. The van der Waals surface area contributed by atoms with E-state index in [9.17, 15) is 24.3 Å². The molecule has 0 aliphatic rings. The molecule has 4 atom stereocenters. The van der Waals surface area contributed by atoms with Crippen molar-refractivity contribution in [1.82, 2.24) is 30.9 Å². The Hall–Kier alpha value is -4.27. The van der Waals surface area contributed by atoms with Crippen molar-refractivity contribution >= 4 is 34.6 Å². The molecular formula is C29H43N9O5. The minimum absolute atomic E-state index is 0.0331. The number of nitrogens with two attached hydrogens (primary N) is 3. The van der Waals surface area contributed by atoms with E-state index >= 15 is 0 Å². The van der Waals surface area contributed by atoms with Crippen LogP contribution in [0.4, 0.5) is 0 Å². The van der Waals surface area contributed by atoms with Crippen LogP contribution in [0.1, 0.15) is 49.8 Å². The molecule has 12 N–H and O–H groups in total. The van der Waals surface area contributed by atoms with Crippen LogP contribution in [0.5, 0.6) is 0 Å². The highest BCUT2D eigenvalue weighted by atomic mass is 16.4. The minimum atomic E-state index is -1.28. The summed E-state index contributed by atoms with van der Waals surface area (Å²) in [6, 6.07) is 3.28. The van der Waals surface area contributed by atoms with Gasteiger partial charge in [0.2, 0.25) is 17.7 Å². The summed E-state index contributed by atoms with van der Waals surface area (Å²) < 4.78 is 0. The van der Waals surface area contributed by atoms with Crippen LogP contribution in [0.2, 0.25) is 0 Å². The monoisotopic (exact) mass is 597 g/mol. The molecule has 0 saturated heterocycles. The molecule has 0 bridgehead atoms. The number of aromatic amines is 2. The zero-order chi connectivity index (χ0) is 31.2. The van der Waals surface area contributed by atoms with Crippen LogP contribution in [0.15, 0.2) is 43.0 Å². The van der Waals surface area contributed by atoms with E-state index in [0.29, 0.717) is 44.5 Å². The third-order valence-corrected chi connectivity index (χ3v) is 7.21. The normalized spacial score (nSPS) is 14.0. The van der Waals surface area contributed by atoms with Gasteiger partial charge in [-0.15, -0.1) is 0 Å². The Balaban J connectivity index is 1.81. The van der Waals surface area contributed by atoms with Gasteiger partial charge in [0.15, 0.2) is 0 Å². The zero-order valence-electron chi connectivity index (χ0n) is 24.2. The molecular weight excluding hydrogens is 554 g/mol. The molecule has 2 heterocycles. The Morgan fingerprint density at radius 2 is 1.47 bits per heavy atom. The van der Waals surface area contributed by atoms with Gasteiger partial charge in [0.1, 0.15) is 18.1 Å². The molecule has 0 aliphatic heterocycles. The second-order valence-electron chi connectivity index (χ2n) is 10.5. The predicted molar refractivity (Wildman–Crippen MR) is 162 cm³/mol. The van der Waals surface area contributed by atoms with Crippen molar-refractivity contribution in [2.45, 2.75) is 75.5 Å². The molecule has 0 aliphatic carbocycles. The third-order valence-electron chi connectivity index (χ3n) is 7.21. The van der Waals surface area contributed by atoms with Gasteiger partial charge in [-0.2, -0.15) is 0 Å². The highest BCUT2D eigenvalue weighted by Gasteiger charge is 2.31. The van der Waals surface area contributed by atoms with Crippen molar-refractivity contribution < 1.29 is 24.3 Å². The molecule has 2 aromatic heterocycles. The van der Waals surface area contributed by atoms with Crippen LogP contribution in [-0.4, -0.2) is 81.0 Å². The Morgan fingerprint density at radius 1 is 0.814 bits per heavy atom. The van der Waals surface area contributed by atoms with Gasteiger partial charge in [-0.1, -0.05) is 24.6 Å². The number of rotatable bonds is 19. The number of unbranched alkanes of at least 4 members (excludes halogenated alkanes) is 2. The van der Waals surface area contributed by atoms with Crippen LogP contribution in [0, 0.1) is 0 Å². The van der Waals surface area contributed by atoms with E-state index in [-0.39, 0.29) is 19.3 Å². The van der Waals surface area contributed by atoms with Crippen LogP contribution >= 0.6 is 0 Å². The molecule has 3 amide bonds. The summed E-state index contributed by atoms with van der Waals surface area (Å²) in [5.41, 5.74) is 19.4. The number of para-hydroxylation sites is 1. The van der Waals surface area contributed by atoms with Crippen molar-refractivity contribution in [3.8, 4) is 0 Å². The lowest BCUT2D eigenvalue weighted by Gasteiger charge is -2.25. The Morgan fingerprint density at radius 3 is 2.14 bits per heavy atom. The van der Waals surface area contributed by atoms with Gasteiger partial charge in [0.05, 0.1) is 12.4 Å². The van der Waals surface area contributed by atoms with Gasteiger partial charge < -0.3 is 48.2 Å². The van der Waals surface area contributed by atoms with Gasteiger partial charge in [-0.05, 0) is 56.8 Å². The molecule has 0 fully saturated rings. The number of aliphatic carboxylic acids is 1. The Labute approximate surface area is 249 Å². The van der Waals surface area contributed by atoms with E-state index in [0.717, 1.165) is 22.9 Å². The number of aromatic nitrogens is 3. The quantitative estimate of drug-likeness (QED) is 0.0829. The van der Waals surface area contributed by atoms with Crippen molar-refractivity contribution in [3.63, 3.8) is 0 Å². The summed E-state index contributed by atoms with van der Waals surface area (Å²) in [5.74, 6) is -2.99. The number of hydrogen-bond acceptors (Lipinski definition) is 8. The van der Waals surface area contributed by atoms with E-state index in [2.05, 4.69) is 30.9 Å². The fraction of sp³-hybridized carbons (Fsp3) is 0.483. The summed E-state index contributed by atoms with van der Waals surface area (Å²) in [6.45, 7) is 0.905. The van der Waals surface area contributed by atoms with E-state index in [1.807, 2.05) is 24.3 Å². The van der Waals surface area contributed by atoms with Gasteiger partial charge in [-0.25, -0.2) is 9.78 Å². The molecule has 4 unspecified atom stereocenters.